The third-order valence-corrected chi connectivity index (χ3v) is 14.4. The number of nitrogens with zero attached hydrogens (tertiary/aromatic N) is 4. The number of hydrogen-bond donors (Lipinski definition) is 0. The van der Waals surface area contributed by atoms with E-state index < -0.39 is 18.1 Å². The highest BCUT2D eigenvalue weighted by Gasteiger charge is 2.35. The van der Waals surface area contributed by atoms with Gasteiger partial charge in [0.05, 0.1) is 17.9 Å². The van der Waals surface area contributed by atoms with Gasteiger partial charge in [-0.15, -0.1) is 11.3 Å². The highest BCUT2D eigenvalue weighted by Crippen LogP contribution is 2.50. The molecule has 0 bridgehead atoms. The molecule has 0 saturated heterocycles. The Labute approximate surface area is 387 Å². The molecule has 0 N–H and O–H groups in total. The molecule has 13 rings (SSSR count). The van der Waals surface area contributed by atoms with Gasteiger partial charge in [-0.3, -0.25) is 0 Å². The van der Waals surface area contributed by atoms with E-state index in [4.69, 9.17) is 21.8 Å². The highest BCUT2D eigenvalue weighted by atomic mass is 32.1. The number of para-hydroxylation sites is 2. The standard InChI is InChI=1S/C60H40N4S/c1-60(2)51-25-12-9-22-44(51)45-30-28-42(34-52(45)60)58-61-57(38-18-7-4-8-19-38)62-59(63-58)50-36-43(64-53-26-13-10-23-46(53)47-24-11-14-27-54(47)64)35-49-48-33-41(29-31-55(48)65-56(49)50)40-21-15-20-39(32-40)37-16-5-3-6-17-37/h3-36H,1-2H3/i4D,7D,8D,18D,19D. The molecule has 4 nitrogen and oxygen atoms in total. The smallest absolute Gasteiger partial charge is 0.165 e. The van der Waals surface area contributed by atoms with Gasteiger partial charge in [0, 0.05) is 58.7 Å². The number of rotatable bonds is 6. The maximum absolute atomic E-state index is 9.12. The lowest BCUT2D eigenvalue weighted by Gasteiger charge is -2.21. The van der Waals surface area contributed by atoms with Crippen molar-refractivity contribution in [3.05, 3.63) is 217 Å². The summed E-state index contributed by atoms with van der Waals surface area (Å²) in [7, 11) is 0. The molecular weight excluding hydrogens is 809 g/mol. The van der Waals surface area contributed by atoms with Crippen LogP contribution in [-0.4, -0.2) is 19.5 Å². The molecule has 0 atom stereocenters. The van der Waals surface area contributed by atoms with E-state index in [0.29, 0.717) is 11.6 Å². The highest BCUT2D eigenvalue weighted by molar-refractivity contribution is 7.26. The number of benzene rings is 9. The fraction of sp³-hybridized carbons (Fsp3) is 0.0500. The van der Waals surface area contributed by atoms with Crippen LogP contribution in [0.4, 0.5) is 0 Å². The summed E-state index contributed by atoms with van der Waals surface area (Å²) in [5.74, 6) is 0.653. The Morgan fingerprint density at radius 1 is 0.431 bits per heavy atom. The van der Waals surface area contributed by atoms with Crippen molar-refractivity contribution in [1.29, 1.82) is 0 Å². The second-order valence-corrected chi connectivity index (χ2v) is 18.3. The van der Waals surface area contributed by atoms with E-state index in [9.17, 15) is 0 Å². The lowest BCUT2D eigenvalue weighted by Crippen LogP contribution is -2.15. The fourth-order valence-electron chi connectivity index (χ4n) is 9.99. The molecule has 0 saturated carbocycles. The molecule has 0 amide bonds. The summed E-state index contributed by atoms with van der Waals surface area (Å²) in [6.45, 7) is 4.45. The molecule has 5 heteroatoms. The topological polar surface area (TPSA) is 43.6 Å². The van der Waals surface area contributed by atoms with Crippen molar-refractivity contribution in [2.45, 2.75) is 19.3 Å². The van der Waals surface area contributed by atoms with Crippen LogP contribution in [0.25, 0.3) is 115 Å². The van der Waals surface area contributed by atoms with Crippen molar-refractivity contribution in [2.75, 3.05) is 0 Å². The second kappa shape index (κ2) is 14.5. The minimum Gasteiger partial charge on any atom is -0.309 e. The van der Waals surface area contributed by atoms with Gasteiger partial charge in [-0.1, -0.05) is 171 Å². The van der Waals surface area contributed by atoms with Gasteiger partial charge in [-0.25, -0.2) is 15.0 Å². The van der Waals surface area contributed by atoms with Gasteiger partial charge in [0.2, 0.25) is 0 Å². The Morgan fingerprint density at radius 2 is 1.05 bits per heavy atom. The van der Waals surface area contributed by atoms with E-state index in [1.54, 1.807) is 11.3 Å². The van der Waals surface area contributed by atoms with Gasteiger partial charge in [0.15, 0.2) is 17.5 Å². The number of aromatic nitrogens is 4. The molecule has 3 heterocycles. The van der Waals surface area contributed by atoms with E-state index in [1.165, 1.54) is 11.1 Å². The van der Waals surface area contributed by atoms with Crippen molar-refractivity contribution in [3.8, 4) is 73.2 Å². The van der Waals surface area contributed by atoms with Gasteiger partial charge >= 0.3 is 0 Å². The molecule has 0 fully saturated rings. The quantitative estimate of drug-likeness (QED) is 0.167. The first-order valence-electron chi connectivity index (χ1n) is 24.3. The molecule has 306 valence electrons. The predicted octanol–water partition coefficient (Wildman–Crippen LogP) is 16.0. The summed E-state index contributed by atoms with van der Waals surface area (Å²) >= 11 is 1.66. The van der Waals surface area contributed by atoms with Crippen LogP contribution in [0.5, 0.6) is 0 Å². The van der Waals surface area contributed by atoms with Gasteiger partial charge in [0.25, 0.3) is 0 Å². The van der Waals surface area contributed by atoms with Crippen LogP contribution in [0.2, 0.25) is 0 Å². The number of fused-ring (bicyclic) bond motifs is 9. The first-order valence-corrected chi connectivity index (χ1v) is 22.6. The van der Waals surface area contributed by atoms with Gasteiger partial charge in [-0.05, 0) is 93.0 Å². The predicted molar refractivity (Wildman–Crippen MR) is 272 cm³/mol. The largest absolute Gasteiger partial charge is 0.309 e. The molecule has 0 spiro atoms. The molecule has 1 aliphatic rings. The summed E-state index contributed by atoms with van der Waals surface area (Å²) in [6.07, 6.45) is 0. The Bertz CT molecular complexity index is 4090. The lowest BCUT2D eigenvalue weighted by atomic mass is 9.82. The van der Waals surface area contributed by atoms with Crippen molar-refractivity contribution in [2.24, 2.45) is 0 Å². The molecule has 0 unspecified atom stereocenters. The maximum Gasteiger partial charge on any atom is 0.165 e. The summed E-state index contributed by atoms with van der Waals surface area (Å²) in [5.41, 5.74) is 13.2. The maximum atomic E-state index is 9.12. The summed E-state index contributed by atoms with van der Waals surface area (Å²) in [4.78, 5) is 15.5. The molecule has 12 aromatic rings. The molecule has 1 aliphatic carbocycles. The van der Waals surface area contributed by atoms with Crippen LogP contribution in [0, 0.1) is 0 Å². The second-order valence-electron chi connectivity index (χ2n) is 17.2. The molecule has 9 aromatic carbocycles. The lowest BCUT2D eigenvalue weighted by molar-refractivity contribution is 0.660. The van der Waals surface area contributed by atoms with Crippen LogP contribution in [0.3, 0.4) is 0 Å². The average molecular weight is 854 g/mol. The zero-order valence-corrected chi connectivity index (χ0v) is 36.3. The van der Waals surface area contributed by atoms with E-state index in [1.807, 2.05) is 12.1 Å². The Hall–Kier alpha value is -7.99. The molecule has 0 radical (unpaired) electrons. The van der Waals surface area contributed by atoms with Gasteiger partial charge in [-0.2, -0.15) is 0 Å². The van der Waals surface area contributed by atoms with Crippen molar-refractivity contribution in [3.63, 3.8) is 0 Å². The molecule has 65 heavy (non-hydrogen) atoms. The Kier molecular flexibility index (Phi) is 7.30. The number of hydrogen-bond acceptors (Lipinski definition) is 4. The van der Waals surface area contributed by atoms with Crippen LogP contribution in [0.1, 0.15) is 31.8 Å². The monoisotopic (exact) mass is 853 g/mol. The van der Waals surface area contributed by atoms with Crippen LogP contribution >= 0.6 is 11.3 Å². The van der Waals surface area contributed by atoms with Gasteiger partial charge in [0.1, 0.15) is 0 Å². The zero-order valence-electron chi connectivity index (χ0n) is 40.4. The number of thiophene rings is 1. The average Bonchev–Trinajstić information content (AvgIpc) is 4.02. The SMILES string of the molecule is [2H]c1c([2H])c([2H])c(-c2nc(-c3ccc4c(c3)C(C)(C)c3ccccc3-4)nc(-c3cc(-n4c5ccccc5c5ccccc54)cc4c3sc3ccc(-c5cccc(-c6ccccc6)c5)cc34)n2)c([2H])c1[2H]. The Morgan fingerprint density at radius 3 is 1.83 bits per heavy atom. The minimum absolute atomic E-state index is 0.00263. The van der Waals surface area contributed by atoms with Crippen molar-refractivity contribution in [1.82, 2.24) is 19.5 Å². The van der Waals surface area contributed by atoms with Crippen molar-refractivity contribution >= 4 is 53.3 Å². The summed E-state index contributed by atoms with van der Waals surface area (Å²) in [5, 5.41) is 4.34. The molecular formula is C60H40N4S. The van der Waals surface area contributed by atoms with Crippen LogP contribution in [-0.2, 0) is 5.41 Å². The molecule has 3 aromatic heterocycles. The van der Waals surface area contributed by atoms with E-state index in [0.717, 1.165) is 92.2 Å². The Balaban J connectivity index is 1.10. The fourth-order valence-corrected chi connectivity index (χ4v) is 11.2. The first-order chi connectivity index (χ1) is 34.0. The van der Waals surface area contributed by atoms with E-state index >= 15 is 0 Å². The normalized spacial score (nSPS) is 14.0. The van der Waals surface area contributed by atoms with E-state index in [-0.39, 0.29) is 28.9 Å². The molecule has 0 aliphatic heterocycles. The third kappa shape index (κ3) is 6.00. The van der Waals surface area contributed by atoms with Crippen LogP contribution in [0.15, 0.2) is 206 Å². The van der Waals surface area contributed by atoms with Crippen molar-refractivity contribution < 1.29 is 6.85 Å². The van der Waals surface area contributed by atoms with Gasteiger partial charge < -0.3 is 4.57 Å². The minimum atomic E-state index is -0.481. The first kappa shape index (κ1) is 32.7. The summed E-state index contributed by atoms with van der Waals surface area (Å²) < 4.78 is 48.3. The summed E-state index contributed by atoms with van der Waals surface area (Å²) in [6, 6.07) is 59.6. The third-order valence-electron chi connectivity index (χ3n) is 13.1. The zero-order chi connectivity index (χ0) is 47.6. The van der Waals surface area contributed by atoms with Crippen LogP contribution < -0.4 is 0 Å². The van der Waals surface area contributed by atoms with E-state index in [2.05, 4.69) is 182 Å².